The summed E-state index contributed by atoms with van der Waals surface area (Å²) in [5, 5.41) is 6.86. The number of carbonyl (C=O) groups excluding carboxylic acids is 1. The van der Waals surface area contributed by atoms with Gasteiger partial charge in [0.25, 0.3) is 5.91 Å². The van der Waals surface area contributed by atoms with E-state index in [0.29, 0.717) is 12.4 Å². The van der Waals surface area contributed by atoms with Crippen molar-refractivity contribution < 1.29 is 4.79 Å². The van der Waals surface area contributed by atoms with E-state index in [2.05, 4.69) is 32.2 Å². The third-order valence-electron chi connectivity index (χ3n) is 3.19. The molecule has 0 aliphatic carbocycles. The van der Waals surface area contributed by atoms with E-state index < -0.39 is 0 Å². The Morgan fingerprint density at radius 3 is 2.78 bits per heavy atom. The summed E-state index contributed by atoms with van der Waals surface area (Å²) in [5.41, 5.74) is 1.94. The Bertz CT molecular complexity index is 840. The molecule has 2 aromatic heterocycles. The quantitative estimate of drug-likeness (QED) is 0.708. The van der Waals surface area contributed by atoms with Gasteiger partial charge in [0.15, 0.2) is 0 Å². The number of para-hydroxylation sites is 1. The molecule has 6 nitrogen and oxygen atoms in total. The van der Waals surface area contributed by atoms with Crippen LogP contribution < -0.4 is 10.6 Å². The van der Waals surface area contributed by atoms with E-state index >= 15 is 0 Å². The predicted molar refractivity (Wildman–Crippen MR) is 89.6 cm³/mol. The van der Waals surface area contributed by atoms with Crippen molar-refractivity contribution in [2.45, 2.75) is 0 Å². The fourth-order valence-corrected chi connectivity index (χ4v) is 2.11. The number of hydrogen-bond acceptors (Lipinski definition) is 5. The maximum Gasteiger partial charge on any atom is 0.271 e. The largest absolute Gasteiger partial charge is 0.347 e. The molecule has 3 aromatic rings. The first kappa shape index (κ1) is 14.6. The Morgan fingerprint density at radius 1 is 1.13 bits per heavy atom. The van der Waals surface area contributed by atoms with Gasteiger partial charge in [-0.25, -0.2) is 9.97 Å². The number of pyridine rings is 1. The van der Waals surface area contributed by atoms with Crippen LogP contribution in [-0.4, -0.2) is 27.4 Å². The van der Waals surface area contributed by atoms with Crippen LogP contribution in [-0.2, 0) is 0 Å². The van der Waals surface area contributed by atoms with Crippen molar-refractivity contribution in [2.75, 3.05) is 11.9 Å². The molecule has 6 heteroatoms. The molecule has 1 amide bonds. The summed E-state index contributed by atoms with van der Waals surface area (Å²) in [6.07, 6.45) is 6.30. The normalized spacial score (nSPS) is 10.3. The zero-order valence-corrected chi connectivity index (χ0v) is 12.4. The summed E-state index contributed by atoms with van der Waals surface area (Å²) >= 11 is 0. The lowest BCUT2D eigenvalue weighted by molar-refractivity contribution is 0.0952. The molecule has 0 aliphatic rings. The molecular weight excluding hydrogens is 290 g/mol. The summed E-state index contributed by atoms with van der Waals surface area (Å²) in [6, 6.07) is 9.74. The van der Waals surface area contributed by atoms with Crippen molar-refractivity contribution in [1.82, 2.24) is 20.3 Å². The second-order valence-corrected chi connectivity index (χ2v) is 4.79. The van der Waals surface area contributed by atoms with Gasteiger partial charge in [-0.3, -0.25) is 9.78 Å². The number of fused-ring (bicyclic) bond motifs is 1. The van der Waals surface area contributed by atoms with Gasteiger partial charge in [-0.1, -0.05) is 24.3 Å². The van der Waals surface area contributed by atoms with Crippen LogP contribution in [0.1, 0.15) is 10.5 Å². The molecule has 0 atom stereocenters. The van der Waals surface area contributed by atoms with Crippen LogP contribution in [0.3, 0.4) is 0 Å². The van der Waals surface area contributed by atoms with Gasteiger partial charge in [0.05, 0.1) is 23.6 Å². The molecular formula is C17H15N5O. The number of hydrogen-bond donors (Lipinski definition) is 2. The van der Waals surface area contributed by atoms with Crippen molar-refractivity contribution in [3.63, 3.8) is 0 Å². The van der Waals surface area contributed by atoms with Crippen LogP contribution in [0.15, 0.2) is 61.6 Å². The maximum atomic E-state index is 11.8. The summed E-state index contributed by atoms with van der Waals surface area (Å²) in [6.45, 7) is 3.94. The fourth-order valence-electron chi connectivity index (χ4n) is 2.11. The molecule has 0 aliphatic heterocycles. The van der Waals surface area contributed by atoms with Crippen LogP contribution in [0.2, 0.25) is 0 Å². The van der Waals surface area contributed by atoms with E-state index in [4.69, 9.17) is 0 Å². The Balaban J connectivity index is 1.80. The van der Waals surface area contributed by atoms with Crippen LogP contribution >= 0.6 is 0 Å². The second kappa shape index (κ2) is 6.65. The topological polar surface area (TPSA) is 79.8 Å². The molecule has 1 aromatic carbocycles. The SMILES string of the molecule is C=CCNC(=O)c1cnc(Nc2cccc3cccnc23)cn1. The molecule has 23 heavy (non-hydrogen) atoms. The molecule has 0 fully saturated rings. The molecule has 2 N–H and O–H groups in total. The fraction of sp³-hybridized carbons (Fsp3) is 0.0588. The number of rotatable bonds is 5. The van der Waals surface area contributed by atoms with E-state index in [-0.39, 0.29) is 11.6 Å². The first-order chi connectivity index (χ1) is 11.3. The van der Waals surface area contributed by atoms with Gasteiger partial charge in [-0.15, -0.1) is 6.58 Å². The molecule has 0 unspecified atom stereocenters. The Kier molecular flexibility index (Phi) is 4.24. The molecule has 2 heterocycles. The monoisotopic (exact) mass is 305 g/mol. The van der Waals surface area contributed by atoms with Crippen LogP contribution in [0.25, 0.3) is 10.9 Å². The van der Waals surface area contributed by atoms with Crippen LogP contribution in [0, 0.1) is 0 Å². The molecule has 0 radical (unpaired) electrons. The standard InChI is InChI=1S/C17H15N5O/c1-2-8-19-17(23)14-10-21-15(11-20-14)22-13-7-3-5-12-6-4-9-18-16(12)13/h2-7,9-11H,1,8H2,(H,19,23)(H,21,22). The van der Waals surface area contributed by atoms with Gasteiger partial charge < -0.3 is 10.6 Å². The van der Waals surface area contributed by atoms with E-state index in [1.165, 1.54) is 12.4 Å². The molecule has 0 bridgehead atoms. The minimum Gasteiger partial charge on any atom is -0.347 e. The lowest BCUT2D eigenvalue weighted by Crippen LogP contribution is -2.24. The van der Waals surface area contributed by atoms with E-state index in [9.17, 15) is 4.79 Å². The van der Waals surface area contributed by atoms with Crippen molar-refractivity contribution in [3.05, 3.63) is 67.3 Å². The van der Waals surface area contributed by atoms with Crippen molar-refractivity contribution in [3.8, 4) is 0 Å². The highest BCUT2D eigenvalue weighted by Crippen LogP contribution is 2.23. The highest BCUT2D eigenvalue weighted by Gasteiger charge is 2.07. The highest BCUT2D eigenvalue weighted by atomic mass is 16.1. The molecule has 0 saturated carbocycles. The number of amides is 1. The summed E-state index contributed by atoms with van der Waals surface area (Å²) in [7, 11) is 0. The third-order valence-corrected chi connectivity index (χ3v) is 3.19. The van der Waals surface area contributed by atoms with Gasteiger partial charge >= 0.3 is 0 Å². The van der Waals surface area contributed by atoms with Gasteiger partial charge in [-0.2, -0.15) is 0 Å². The zero-order chi connectivity index (χ0) is 16.1. The first-order valence-corrected chi connectivity index (χ1v) is 7.10. The lowest BCUT2D eigenvalue weighted by atomic mass is 10.2. The van der Waals surface area contributed by atoms with Gasteiger partial charge in [0, 0.05) is 18.1 Å². The summed E-state index contributed by atoms with van der Waals surface area (Å²) in [5.74, 6) is 0.263. The molecule has 114 valence electrons. The maximum absolute atomic E-state index is 11.8. The van der Waals surface area contributed by atoms with Crippen molar-refractivity contribution >= 4 is 28.3 Å². The van der Waals surface area contributed by atoms with E-state index in [1.807, 2.05) is 30.3 Å². The zero-order valence-electron chi connectivity index (χ0n) is 12.4. The van der Waals surface area contributed by atoms with Crippen molar-refractivity contribution in [2.24, 2.45) is 0 Å². The number of carbonyl (C=O) groups is 1. The third kappa shape index (κ3) is 3.32. The number of nitrogens with one attached hydrogen (secondary N) is 2. The molecule has 3 rings (SSSR count). The van der Waals surface area contributed by atoms with Gasteiger partial charge in [0.2, 0.25) is 0 Å². The summed E-state index contributed by atoms with van der Waals surface area (Å²) < 4.78 is 0. The second-order valence-electron chi connectivity index (χ2n) is 4.79. The van der Waals surface area contributed by atoms with Crippen LogP contribution in [0.5, 0.6) is 0 Å². The smallest absolute Gasteiger partial charge is 0.271 e. The van der Waals surface area contributed by atoms with Gasteiger partial charge in [-0.05, 0) is 12.1 Å². The van der Waals surface area contributed by atoms with Crippen molar-refractivity contribution in [1.29, 1.82) is 0 Å². The average Bonchev–Trinajstić information content (AvgIpc) is 2.60. The van der Waals surface area contributed by atoms with Crippen LogP contribution in [0.4, 0.5) is 11.5 Å². The Hall–Kier alpha value is -3.28. The minimum atomic E-state index is -0.282. The number of benzene rings is 1. The first-order valence-electron chi connectivity index (χ1n) is 7.10. The van der Waals surface area contributed by atoms with Gasteiger partial charge in [0.1, 0.15) is 11.5 Å². The Labute approximate surface area is 133 Å². The number of anilines is 2. The summed E-state index contributed by atoms with van der Waals surface area (Å²) in [4.78, 5) is 24.5. The molecule has 0 spiro atoms. The number of aromatic nitrogens is 3. The minimum absolute atomic E-state index is 0.258. The number of nitrogens with zero attached hydrogens (tertiary/aromatic N) is 3. The lowest BCUT2D eigenvalue weighted by Gasteiger charge is -2.08. The molecule has 0 saturated heterocycles. The predicted octanol–water partition coefficient (Wildman–Crippen LogP) is 2.68. The Morgan fingerprint density at radius 2 is 2.00 bits per heavy atom. The van der Waals surface area contributed by atoms with E-state index in [1.54, 1.807) is 12.3 Å². The van der Waals surface area contributed by atoms with E-state index in [0.717, 1.165) is 16.6 Å². The highest BCUT2D eigenvalue weighted by molar-refractivity contribution is 5.93. The average molecular weight is 305 g/mol.